The minimum Gasteiger partial charge on any atom is -0.361 e. The van der Waals surface area contributed by atoms with Crippen molar-refractivity contribution in [3.63, 3.8) is 0 Å². The quantitative estimate of drug-likeness (QED) is 0.812. The third kappa shape index (κ3) is 1.90. The molecule has 0 fully saturated rings. The van der Waals surface area contributed by atoms with Gasteiger partial charge in [-0.2, -0.15) is 13.2 Å². The molecule has 0 spiro atoms. The number of rotatable bonds is 2. The molecule has 0 unspecified atom stereocenters. The molecular formula is C11H11F3N2. The molecule has 0 aliphatic carbocycles. The molecule has 0 radical (unpaired) electrons. The maximum absolute atomic E-state index is 12.5. The predicted molar refractivity (Wildman–Crippen MR) is 56.1 cm³/mol. The maximum Gasteiger partial charge on any atom is 0.416 e. The number of aromatic nitrogens is 1. The van der Waals surface area contributed by atoms with Crippen molar-refractivity contribution < 1.29 is 13.2 Å². The van der Waals surface area contributed by atoms with Gasteiger partial charge >= 0.3 is 6.18 Å². The average molecular weight is 228 g/mol. The van der Waals surface area contributed by atoms with E-state index >= 15 is 0 Å². The summed E-state index contributed by atoms with van der Waals surface area (Å²) < 4.78 is 37.5. The molecule has 2 aromatic rings. The Morgan fingerprint density at radius 3 is 2.69 bits per heavy atom. The molecule has 0 amide bonds. The molecule has 16 heavy (non-hydrogen) atoms. The standard InChI is InChI=1S/C11H11F3N2/c1-15-5-7-6-16-10-3-2-8(4-9(7)10)11(12,13)14/h2-4,6,15-16H,5H2,1H3. The zero-order valence-electron chi connectivity index (χ0n) is 8.65. The van der Waals surface area contributed by atoms with Crippen molar-refractivity contribution in [2.24, 2.45) is 0 Å². The van der Waals surface area contributed by atoms with E-state index < -0.39 is 11.7 Å². The van der Waals surface area contributed by atoms with Crippen LogP contribution in [0.2, 0.25) is 0 Å². The predicted octanol–water partition coefficient (Wildman–Crippen LogP) is 2.91. The normalized spacial score (nSPS) is 12.2. The number of hydrogen-bond acceptors (Lipinski definition) is 1. The van der Waals surface area contributed by atoms with E-state index in [0.717, 1.165) is 17.1 Å². The molecule has 0 saturated heterocycles. The second-order valence-corrected chi connectivity index (χ2v) is 3.60. The minimum absolute atomic E-state index is 0.543. The molecule has 1 aromatic heterocycles. The van der Waals surface area contributed by atoms with Gasteiger partial charge in [0.15, 0.2) is 0 Å². The van der Waals surface area contributed by atoms with Crippen LogP contribution in [0.3, 0.4) is 0 Å². The summed E-state index contributed by atoms with van der Waals surface area (Å²) in [5, 5.41) is 3.53. The first kappa shape index (κ1) is 11.0. The van der Waals surface area contributed by atoms with Crippen LogP contribution >= 0.6 is 0 Å². The van der Waals surface area contributed by atoms with Crippen LogP contribution in [-0.4, -0.2) is 12.0 Å². The Morgan fingerprint density at radius 1 is 1.31 bits per heavy atom. The second-order valence-electron chi connectivity index (χ2n) is 3.60. The molecule has 0 aliphatic heterocycles. The van der Waals surface area contributed by atoms with Gasteiger partial charge in [0.1, 0.15) is 0 Å². The fraction of sp³-hybridized carbons (Fsp3) is 0.273. The molecule has 2 rings (SSSR count). The first-order valence-corrected chi connectivity index (χ1v) is 4.84. The highest BCUT2D eigenvalue weighted by atomic mass is 19.4. The Kier molecular flexibility index (Phi) is 2.63. The second kappa shape index (κ2) is 3.83. The van der Waals surface area contributed by atoms with Crippen LogP contribution in [0.4, 0.5) is 13.2 Å². The molecule has 5 heteroatoms. The zero-order valence-corrected chi connectivity index (χ0v) is 8.65. The van der Waals surface area contributed by atoms with Crippen LogP contribution in [0.1, 0.15) is 11.1 Å². The lowest BCUT2D eigenvalue weighted by atomic mass is 10.1. The van der Waals surface area contributed by atoms with E-state index in [-0.39, 0.29) is 0 Å². The number of benzene rings is 1. The number of fused-ring (bicyclic) bond motifs is 1. The number of alkyl halides is 3. The minimum atomic E-state index is -4.29. The lowest BCUT2D eigenvalue weighted by molar-refractivity contribution is -0.137. The largest absolute Gasteiger partial charge is 0.416 e. The lowest BCUT2D eigenvalue weighted by Gasteiger charge is -2.06. The maximum atomic E-state index is 12.5. The van der Waals surface area contributed by atoms with Gasteiger partial charge < -0.3 is 10.3 Å². The number of halogens is 3. The van der Waals surface area contributed by atoms with E-state index in [9.17, 15) is 13.2 Å². The van der Waals surface area contributed by atoms with E-state index in [1.165, 1.54) is 12.1 Å². The number of aromatic amines is 1. The molecular weight excluding hydrogens is 217 g/mol. The Morgan fingerprint density at radius 2 is 2.06 bits per heavy atom. The number of H-pyrrole nitrogens is 1. The molecule has 0 saturated carbocycles. The smallest absolute Gasteiger partial charge is 0.361 e. The van der Waals surface area contributed by atoms with Gasteiger partial charge in [0.25, 0.3) is 0 Å². The van der Waals surface area contributed by atoms with Crippen molar-refractivity contribution in [3.05, 3.63) is 35.5 Å². The summed E-state index contributed by atoms with van der Waals surface area (Å²) in [4.78, 5) is 2.94. The van der Waals surface area contributed by atoms with Crippen molar-refractivity contribution in [2.75, 3.05) is 7.05 Å². The SMILES string of the molecule is CNCc1c[nH]c2ccc(C(F)(F)F)cc12. The molecule has 0 bridgehead atoms. The highest BCUT2D eigenvalue weighted by Gasteiger charge is 2.30. The van der Waals surface area contributed by atoms with E-state index in [4.69, 9.17) is 0 Å². The van der Waals surface area contributed by atoms with Crippen molar-refractivity contribution in [1.82, 2.24) is 10.3 Å². The Hall–Kier alpha value is -1.49. The summed E-state index contributed by atoms with van der Waals surface area (Å²) >= 11 is 0. The van der Waals surface area contributed by atoms with Gasteiger partial charge in [-0.1, -0.05) is 0 Å². The summed E-state index contributed by atoms with van der Waals surface area (Å²) in [6, 6.07) is 3.72. The Balaban J connectivity index is 2.54. The topological polar surface area (TPSA) is 27.8 Å². The van der Waals surface area contributed by atoms with Gasteiger partial charge in [-0.3, -0.25) is 0 Å². The zero-order chi connectivity index (χ0) is 11.8. The average Bonchev–Trinajstić information content (AvgIpc) is 2.60. The van der Waals surface area contributed by atoms with Crippen LogP contribution in [0, 0.1) is 0 Å². The summed E-state index contributed by atoms with van der Waals surface area (Å²) in [6.07, 6.45) is -2.57. The van der Waals surface area contributed by atoms with Crippen LogP contribution in [0.15, 0.2) is 24.4 Å². The van der Waals surface area contributed by atoms with Gasteiger partial charge in [-0.15, -0.1) is 0 Å². The van der Waals surface area contributed by atoms with Crippen molar-refractivity contribution >= 4 is 10.9 Å². The Labute approximate surface area is 90.5 Å². The fourth-order valence-corrected chi connectivity index (χ4v) is 1.69. The van der Waals surface area contributed by atoms with Crippen LogP contribution in [0.25, 0.3) is 10.9 Å². The summed E-state index contributed by atoms with van der Waals surface area (Å²) in [6.45, 7) is 0.543. The molecule has 2 nitrogen and oxygen atoms in total. The summed E-state index contributed by atoms with van der Waals surface area (Å²) in [7, 11) is 1.76. The molecule has 1 heterocycles. The summed E-state index contributed by atoms with van der Waals surface area (Å²) in [5.41, 5.74) is 0.943. The van der Waals surface area contributed by atoms with Gasteiger partial charge in [-0.05, 0) is 30.8 Å². The van der Waals surface area contributed by atoms with E-state index in [1.54, 1.807) is 13.2 Å². The van der Waals surface area contributed by atoms with Crippen LogP contribution in [-0.2, 0) is 12.7 Å². The fourth-order valence-electron chi connectivity index (χ4n) is 1.69. The van der Waals surface area contributed by atoms with Gasteiger partial charge in [-0.25, -0.2) is 0 Å². The summed E-state index contributed by atoms with van der Waals surface area (Å²) in [5.74, 6) is 0. The van der Waals surface area contributed by atoms with E-state index in [0.29, 0.717) is 11.9 Å². The first-order chi connectivity index (χ1) is 7.52. The highest BCUT2D eigenvalue weighted by Crippen LogP contribution is 2.32. The van der Waals surface area contributed by atoms with Gasteiger partial charge in [0.2, 0.25) is 0 Å². The van der Waals surface area contributed by atoms with E-state index in [1.807, 2.05) is 0 Å². The van der Waals surface area contributed by atoms with Gasteiger partial charge in [0.05, 0.1) is 5.56 Å². The third-order valence-electron chi connectivity index (χ3n) is 2.46. The number of hydrogen-bond donors (Lipinski definition) is 2. The monoisotopic (exact) mass is 228 g/mol. The van der Waals surface area contributed by atoms with E-state index in [2.05, 4.69) is 10.3 Å². The Bertz CT molecular complexity index is 499. The molecule has 0 aliphatic rings. The molecule has 1 aromatic carbocycles. The van der Waals surface area contributed by atoms with Crippen molar-refractivity contribution in [3.8, 4) is 0 Å². The van der Waals surface area contributed by atoms with Crippen molar-refractivity contribution in [1.29, 1.82) is 0 Å². The van der Waals surface area contributed by atoms with Crippen LogP contribution in [0.5, 0.6) is 0 Å². The highest BCUT2D eigenvalue weighted by molar-refractivity contribution is 5.84. The number of nitrogens with one attached hydrogen (secondary N) is 2. The molecule has 2 N–H and O–H groups in total. The van der Waals surface area contributed by atoms with Crippen LogP contribution < -0.4 is 5.32 Å². The van der Waals surface area contributed by atoms with Gasteiger partial charge in [0, 0.05) is 23.6 Å². The first-order valence-electron chi connectivity index (χ1n) is 4.84. The molecule has 86 valence electrons. The lowest BCUT2D eigenvalue weighted by Crippen LogP contribution is -2.06. The third-order valence-corrected chi connectivity index (χ3v) is 2.46. The molecule has 0 atom stereocenters. The van der Waals surface area contributed by atoms with Crippen molar-refractivity contribution in [2.45, 2.75) is 12.7 Å².